The fourth-order valence-electron chi connectivity index (χ4n) is 1.02. The van der Waals surface area contributed by atoms with Gasteiger partial charge in [-0.25, -0.2) is 4.98 Å². The number of carbonyl (C=O) groups is 1. The van der Waals surface area contributed by atoms with Crippen LogP contribution in [0.25, 0.3) is 0 Å². The number of H-pyrrole nitrogens is 1. The summed E-state index contributed by atoms with van der Waals surface area (Å²) in [5, 5.41) is 2.45. The topological polar surface area (TPSA) is 74.8 Å². The van der Waals surface area contributed by atoms with Crippen molar-refractivity contribution >= 4 is 12.2 Å². The molecule has 1 rings (SSSR count). The van der Waals surface area contributed by atoms with Gasteiger partial charge in [-0.05, 0) is 6.92 Å². The summed E-state index contributed by atoms with van der Waals surface area (Å²) in [6, 6.07) is 0. The number of imidazole rings is 1. The van der Waals surface area contributed by atoms with Crippen LogP contribution in [0.4, 0.5) is 0 Å². The molecule has 0 saturated heterocycles. The van der Waals surface area contributed by atoms with Gasteiger partial charge in [0.05, 0.1) is 0 Å². The van der Waals surface area contributed by atoms with Gasteiger partial charge >= 0.3 is 0 Å². The number of aromatic nitrogens is 2. The maximum absolute atomic E-state index is 10.8. The minimum absolute atomic E-state index is 0.303. The molecule has 0 aliphatic heterocycles. The summed E-state index contributed by atoms with van der Waals surface area (Å²) < 4.78 is 0. The quantitative estimate of drug-likeness (QED) is 0.680. The number of nitrogens with zero attached hydrogens (tertiary/aromatic N) is 1. The van der Waals surface area contributed by atoms with Crippen LogP contribution >= 0.6 is 0 Å². The van der Waals surface area contributed by atoms with Crippen molar-refractivity contribution in [2.45, 2.75) is 19.4 Å². The van der Waals surface area contributed by atoms with Crippen LogP contribution in [0.1, 0.15) is 19.7 Å². The van der Waals surface area contributed by atoms with Crippen molar-refractivity contribution < 1.29 is 9.59 Å². The van der Waals surface area contributed by atoms with Gasteiger partial charge in [0.25, 0.3) is 0 Å². The maximum Gasteiger partial charge on any atom is 0.234 e. The third-order valence-corrected chi connectivity index (χ3v) is 1.60. The first kappa shape index (κ1) is 9.44. The molecular weight excluding hydrogens is 170 g/mol. The Labute approximate surface area is 75.6 Å². The zero-order valence-electron chi connectivity index (χ0n) is 7.42. The summed E-state index contributed by atoms with van der Waals surface area (Å²) >= 11 is 0. The first-order valence-electron chi connectivity index (χ1n) is 3.76. The molecule has 69 valence electrons. The summed E-state index contributed by atoms with van der Waals surface area (Å²) in [5.74, 6) is 0.0694. The van der Waals surface area contributed by atoms with Crippen LogP contribution in [-0.2, 0) is 15.1 Å². The summed E-state index contributed by atoms with van der Waals surface area (Å²) in [4.78, 5) is 28.1. The SMILES string of the molecule is CC(=O)NC(C)([C]=O)c1ncc[nH]1. The molecule has 1 aromatic rings. The zero-order valence-corrected chi connectivity index (χ0v) is 7.42. The Kier molecular flexibility index (Phi) is 2.46. The van der Waals surface area contributed by atoms with Crippen molar-refractivity contribution in [1.29, 1.82) is 0 Å². The molecule has 1 aromatic heterocycles. The number of carbonyl (C=O) groups excluding carboxylic acids is 2. The Morgan fingerprint density at radius 3 is 2.85 bits per heavy atom. The summed E-state index contributed by atoms with van der Waals surface area (Å²) in [6.07, 6.45) is 4.82. The molecule has 5 nitrogen and oxygen atoms in total. The summed E-state index contributed by atoms with van der Waals surface area (Å²) in [7, 11) is 0. The van der Waals surface area contributed by atoms with Crippen molar-refractivity contribution in [2.24, 2.45) is 0 Å². The van der Waals surface area contributed by atoms with Gasteiger partial charge in [-0.15, -0.1) is 0 Å². The number of amides is 1. The fraction of sp³-hybridized carbons (Fsp3) is 0.375. The van der Waals surface area contributed by atoms with E-state index in [1.54, 1.807) is 12.5 Å². The molecule has 0 aliphatic rings. The number of hydrogen-bond donors (Lipinski definition) is 2. The predicted molar refractivity (Wildman–Crippen MR) is 45.4 cm³/mol. The zero-order chi connectivity index (χ0) is 9.90. The van der Waals surface area contributed by atoms with Crippen molar-refractivity contribution in [3.63, 3.8) is 0 Å². The first-order chi connectivity index (χ1) is 6.08. The van der Waals surface area contributed by atoms with E-state index in [1.165, 1.54) is 20.0 Å². The lowest BCUT2D eigenvalue weighted by Gasteiger charge is -2.19. The molecule has 0 aromatic carbocycles. The Morgan fingerprint density at radius 1 is 1.77 bits per heavy atom. The molecule has 1 unspecified atom stereocenters. The lowest BCUT2D eigenvalue weighted by Crippen LogP contribution is -2.44. The lowest BCUT2D eigenvalue weighted by atomic mass is 10.0. The summed E-state index contributed by atoms with van der Waals surface area (Å²) in [5.41, 5.74) is -1.19. The molecule has 2 N–H and O–H groups in total. The van der Waals surface area contributed by atoms with Crippen molar-refractivity contribution in [3.8, 4) is 0 Å². The van der Waals surface area contributed by atoms with Gasteiger partial charge in [-0.1, -0.05) is 0 Å². The van der Waals surface area contributed by atoms with Crippen LogP contribution in [0.3, 0.4) is 0 Å². The highest BCUT2D eigenvalue weighted by molar-refractivity contribution is 5.80. The van der Waals surface area contributed by atoms with E-state index in [1.807, 2.05) is 0 Å². The Bertz CT molecular complexity index is 307. The van der Waals surface area contributed by atoms with Crippen LogP contribution in [0.15, 0.2) is 12.4 Å². The van der Waals surface area contributed by atoms with Crippen LogP contribution in [0.2, 0.25) is 0 Å². The second kappa shape index (κ2) is 3.38. The van der Waals surface area contributed by atoms with Gasteiger partial charge in [0, 0.05) is 19.3 Å². The summed E-state index contributed by atoms with van der Waals surface area (Å²) in [6.45, 7) is 2.86. The third kappa shape index (κ3) is 1.93. The minimum atomic E-state index is -1.19. The second-order valence-corrected chi connectivity index (χ2v) is 2.85. The normalized spacial score (nSPS) is 14.6. The molecule has 1 atom stereocenters. The van der Waals surface area contributed by atoms with Crippen LogP contribution < -0.4 is 5.32 Å². The average Bonchev–Trinajstić information content (AvgIpc) is 2.55. The number of aromatic amines is 1. The Balaban J connectivity index is 2.94. The van der Waals surface area contributed by atoms with E-state index in [4.69, 9.17) is 0 Å². The molecule has 1 amide bonds. The number of rotatable bonds is 3. The van der Waals surface area contributed by atoms with Crippen LogP contribution in [-0.4, -0.2) is 22.2 Å². The van der Waals surface area contributed by atoms with E-state index < -0.39 is 5.54 Å². The van der Waals surface area contributed by atoms with Crippen molar-refractivity contribution in [3.05, 3.63) is 18.2 Å². The van der Waals surface area contributed by atoms with Gasteiger partial charge in [-0.2, -0.15) is 0 Å². The average molecular weight is 180 g/mol. The number of hydrogen-bond acceptors (Lipinski definition) is 3. The lowest BCUT2D eigenvalue weighted by molar-refractivity contribution is -0.120. The molecule has 0 spiro atoms. The minimum Gasteiger partial charge on any atom is -0.346 e. The van der Waals surface area contributed by atoms with Gasteiger partial charge in [0.1, 0.15) is 5.82 Å². The number of nitrogens with one attached hydrogen (secondary N) is 2. The smallest absolute Gasteiger partial charge is 0.234 e. The van der Waals surface area contributed by atoms with Crippen molar-refractivity contribution in [1.82, 2.24) is 15.3 Å². The highest BCUT2D eigenvalue weighted by Crippen LogP contribution is 2.12. The molecule has 0 saturated carbocycles. The Morgan fingerprint density at radius 2 is 2.46 bits per heavy atom. The highest BCUT2D eigenvalue weighted by atomic mass is 16.2. The van der Waals surface area contributed by atoms with E-state index in [9.17, 15) is 9.59 Å². The monoisotopic (exact) mass is 180 g/mol. The maximum atomic E-state index is 10.8. The van der Waals surface area contributed by atoms with E-state index in [0.29, 0.717) is 5.82 Å². The largest absolute Gasteiger partial charge is 0.346 e. The molecule has 0 fully saturated rings. The molecule has 0 aliphatic carbocycles. The van der Waals surface area contributed by atoms with Crippen molar-refractivity contribution in [2.75, 3.05) is 0 Å². The molecule has 1 heterocycles. The van der Waals surface area contributed by atoms with E-state index in [0.717, 1.165) is 0 Å². The van der Waals surface area contributed by atoms with Crippen LogP contribution in [0.5, 0.6) is 0 Å². The van der Waals surface area contributed by atoms with Crippen LogP contribution in [0, 0.1) is 0 Å². The predicted octanol–water partition coefficient (Wildman–Crippen LogP) is -0.129. The molecule has 13 heavy (non-hydrogen) atoms. The first-order valence-corrected chi connectivity index (χ1v) is 3.76. The van der Waals surface area contributed by atoms with E-state index in [-0.39, 0.29) is 5.91 Å². The fourth-order valence-corrected chi connectivity index (χ4v) is 1.02. The molecule has 1 radical (unpaired) electrons. The standard InChI is InChI=1S/C8H10N3O2/c1-6(13)11-8(2,5-12)7-9-3-4-10-7/h3-4H,1-2H3,(H,9,10)(H,11,13). The van der Waals surface area contributed by atoms with Gasteiger partial charge in [0.15, 0.2) is 5.54 Å². The van der Waals surface area contributed by atoms with Gasteiger partial charge in [0.2, 0.25) is 12.2 Å². The Hall–Kier alpha value is -1.65. The second-order valence-electron chi connectivity index (χ2n) is 2.85. The highest BCUT2D eigenvalue weighted by Gasteiger charge is 2.30. The molecule has 5 heteroatoms. The molecule has 0 bridgehead atoms. The molecular formula is C8H10N3O2. The van der Waals surface area contributed by atoms with E-state index >= 15 is 0 Å². The van der Waals surface area contributed by atoms with Gasteiger partial charge in [-0.3, -0.25) is 9.59 Å². The van der Waals surface area contributed by atoms with E-state index in [2.05, 4.69) is 15.3 Å². The van der Waals surface area contributed by atoms with Gasteiger partial charge < -0.3 is 10.3 Å². The third-order valence-electron chi connectivity index (χ3n) is 1.60.